The van der Waals surface area contributed by atoms with E-state index in [1.54, 1.807) is 26.8 Å². The molecular formula is C14H17BrFNO3. The third-order valence-electron chi connectivity index (χ3n) is 2.18. The maximum Gasteiger partial charge on any atom is 0.306 e. The molecule has 0 atom stereocenters. The molecule has 1 aromatic rings. The third-order valence-corrected chi connectivity index (χ3v) is 2.67. The molecule has 0 aliphatic carbocycles. The van der Waals surface area contributed by atoms with E-state index in [4.69, 9.17) is 4.74 Å². The van der Waals surface area contributed by atoms with Gasteiger partial charge in [0.2, 0.25) is 5.91 Å². The van der Waals surface area contributed by atoms with Gasteiger partial charge in [-0.15, -0.1) is 0 Å². The van der Waals surface area contributed by atoms with E-state index in [2.05, 4.69) is 21.2 Å². The Bertz CT molecular complexity index is 512. The zero-order valence-electron chi connectivity index (χ0n) is 11.6. The van der Waals surface area contributed by atoms with Gasteiger partial charge < -0.3 is 10.1 Å². The Labute approximate surface area is 125 Å². The van der Waals surface area contributed by atoms with Crippen LogP contribution in [-0.2, 0) is 14.3 Å². The summed E-state index contributed by atoms with van der Waals surface area (Å²) in [4.78, 5) is 23.1. The second-order valence-corrected chi connectivity index (χ2v) is 6.17. The smallest absolute Gasteiger partial charge is 0.306 e. The van der Waals surface area contributed by atoms with Crippen LogP contribution in [0.2, 0.25) is 0 Å². The number of anilines is 1. The predicted octanol–water partition coefficient (Wildman–Crippen LogP) is 3.65. The van der Waals surface area contributed by atoms with Crippen LogP contribution < -0.4 is 5.32 Å². The van der Waals surface area contributed by atoms with E-state index in [1.807, 2.05) is 0 Å². The number of benzene rings is 1. The Balaban J connectivity index is 2.46. The highest BCUT2D eigenvalue weighted by atomic mass is 79.9. The monoisotopic (exact) mass is 345 g/mol. The molecule has 0 heterocycles. The second-order valence-electron chi connectivity index (χ2n) is 5.26. The number of carbonyl (C=O) groups excluding carboxylic acids is 2. The SMILES string of the molecule is CC(C)(C)OC(=O)CCC(=O)Nc1ccc(Br)cc1F. The van der Waals surface area contributed by atoms with Crippen molar-refractivity contribution in [3.8, 4) is 0 Å². The van der Waals surface area contributed by atoms with Crippen LogP contribution in [0, 0.1) is 5.82 Å². The lowest BCUT2D eigenvalue weighted by Crippen LogP contribution is -2.24. The van der Waals surface area contributed by atoms with Gasteiger partial charge in [-0.05, 0) is 39.0 Å². The molecule has 110 valence electrons. The first kappa shape index (κ1) is 16.6. The van der Waals surface area contributed by atoms with Crippen LogP contribution in [-0.4, -0.2) is 17.5 Å². The summed E-state index contributed by atoms with van der Waals surface area (Å²) < 4.78 is 19.2. The number of hydrogen-bond donors (Lipinski definition) is 1. The fourth-order valence-corrected chi connectivity index (χ4v) is 1.74. The Kier molecular flexibility index (Phi) is 5.68. The minimum absolute atomic E-state index is 0.0404. The van der Waals surface area contributed by atoms with Crippen molar-refractivity contribution in [1.29, 1.82) is 0 Å². The summed E-state index contributed by atoms with van der Waals surface area (Å²) in [5, 5.41) is 2.41. The first-order chi connectivity index (χ1) is 9.17. The van der Waals surface area contributed by atoms with Gasteiger partial charge in [-0.1, -0.05) is 15.9 Å². The molecule has 0 radical (unpaired) electrons. The fraction of sp³-hybridized carbons (Fsp3) is 0.429. The Morgan fingerprint density at radius 1 is 1.30 bits per heavy atom. The fourth-order valence-electron chi connectivity index (χ4n) is 1.41. The van der Waals surface area contributed by atoms with Gasteiger partial charge in [0.05, 0.1) is 12.1 Å². The van der Waals surface area contributed by atoms with Crippen molar-refractivity contribution in [2.75, 3.05) is 5.32 Å². The maximum atomic E-state index is 13.5. The molecule has 1 rings (SSSR count). The van der Waals surface area contributed by atoms with Crippen LogP contribution in [0.15, 0.2) is 22.7 Å². The van der Waals surface area contributed by atoms with Gasteiger partial charge in [-0.25, -0.2) is 4.39 Å². The summed E-state index contributed by atoms with van der Waals surface area (Å²) in [6.07, 6.45) is -0.0916. The molecule has 0 aromatic heterocycles. The van der Waals surface area contributed by atoms with Gasteiger partial charge >= 0.3 is 5.97 Å². The minimum Gasteiger partial charge on any atom is -0.460 e. The zero-order chi connectivity index (χ0) is 15.3. The van der Waals surface area contributed by atoms with Crippen LogP contribution >= 0.6 is 15.9 Å². The number of hydrogen-bond acceptors (Lipinski definition) is 3. The molecule has 0 spiro atoms. The van der Waals surface area contributed by atoms with E-state index in [-0.39, 0.29) is 18.5 Å². The first-order valence-electron chi connectivity index (χ1n) is 6.14. The molecular weight excluding hydrogens is 329 g/mol. The topological polar surface area (TPSA) is 55.4 Å². The van der Waals surface area contributed by atoms with E-state index in [1.165, 1.54) is 12.1 Å². The van der Waals surface area contributed by atoms with Gasteiger partial charge in [-0.2, -0.15) is 0 Å². The summed E-state index contributed by atoms with van der Waals surface area (Å²) in [7, 11) is 0. The summed E-state index contributed by atoms with van der Waals surface area (Å²) in [5.74, 6) is -1.42. The van der Waals surface area contributed by atoms with E-state index in [9.17, 15) is 14.0 Å². The number of amides is 1. The molecule has 0 saturated heterocycles. The Hall–Kier alpha value is -1.43. The van der Waals surface area contributed by atoms with Crippen molar-refractivity contribution in [3.63, 3.8) is 0 Å². The highest BCUT2D eigenvalue weighted by molar-refractivity contribution is 9.10. The van der Waals surface area contributed by atoms with Crippen LogP contribution in [0.1, 0.15) is 33.6 Å². The molecule has 1 N–H and O–H groups in total. The van der Waals surface area contributed by atoms with Crippen molar-refractivity contribution in [1.82, 2.24) is 0 Å². The molecule has 6 heteroatoms. The average Bonchev–Trinajstić information content (AvgIpc) is 2.28. The molecule has 4 nitrogen and oxygen atoms in total. The molecule has 20 heavy (non-hydrogen) atoms. The van der Waals surface area contributed by atoms with Gasteiger partial charge in [0.25, 0.3) is 0 Å². The Morgan fingerprint density at radius 2 is 1.95 bits per heavy atom. The highest BCUT2D eigenvalue weighted by Gasteiger charge is 2.17. The van der Waals surface area contributed by atoms with Crippen molar-refractivity contribution in [3.05, 3.63) is 28.5 Å². The quantitative estimate of drug-likeness (QED) is 0.847. The summed E-state index contributed by atoms with van der Waals surface area (Å²) in [6, 6.07) is 4.32. The van der Waals surface area contributed by atoms with Crippen LogP contribution in [0.25, 0.3) is 0 Å². The molecule has 0 unspecified atom stereocenters. The van der Waals surface area contributed by atoms with Gasteiger partial charge in [0.1, 0.15) is 11.4 Å². The summed E-state index contributed by atoms with van der Waals surface area (Å²) in [6.45, 7) is 5.26. The predicted molar refractivity (Wildman–Crippen MR) is 77.8 cm³/mol. The van der Waals surface area contributed by atoms with Crippen molar-refractivity contribution < 1.29 is 18.7 Å². The normalized spacial score (nSPS) is 11.1. The van der Waals surface area contributed by atoms with Gasteiger partial charge in [-0.3, -0.25) is 9.59 Å². The first-order valence-corrected chi connectivity index (χ1v) is 6.93. The molecule has 0 saturated carbocycles. The molecule has 0 fully saturated rings. The third kappa shape index (κ3) is 6.14. The molecule has 0 aliphatic rings. The van der Waals surface area contributed by atoms with E-state index in [0.29, 0.717) is 4.47 Å². The zero-order valence-corrected chi connectivity index (χ0v) is 13.2. The largest absolute Gasteiger partial charge is 0.460 e. The summed E-state index contributed by atoms with van der Waals surface area (Å²) in [5.41, 5.74) is -0.492. The lowest BCUT2D eigenvalue weighted by Gasteiger charge is -2.19. The second kappa shape index (κ2) is 6.83. The number of rotatable bonds is 4. The standard InChI is InChI=1S/C14H17BrFNO3/c1-14(2,3)20-13(19)7-6-12(18)17-11-5-4-9(15)8-10(11)16/h4-5,8H,6-7H2,1-3H3,(H,17,18). The number of nitrogens with one attached hydrogen (secondary N) is 1. The maximum absolute atomic E-state index is 13.5. The van der Waals surface area contributed by atoms with Gasteiger partial charge in [0.15, 0.2) is 0 Å². The van der Waals surface area contributed by atoms with E-state index in [0.717, 1.165) is 0 Å². The van der Waals surface area contributed by atoms with Crippen LogP contribution in [0.4, 0.5) is 10.1 Å². The average molecular weight is 346 g/mol. The summed E-state index contributed by atoms with van der Waals surface area (Å²) >= 11 is 3.13. The van der Waals surface area contributed by atoms with E-state index < -0.39 is 23.3 Å². The number of carbonyl (C=O) groups is 2. The van der Waals surface area contributed by atoms with Crippen LogP contribution in [0.5, 0.6) is 0 Å². The lowest BCUT2D eigenvalue weighted by atomic mass is 10.2. The highest BCUT2D eigenvalue weighted by Crippen LogP contribution is 2.19. The number of halogens is 2. The number of esters is 1. The Morgan fingerprint density at radius 3 is 2.50 bits per heavy atom. The van der Waals surface area contributed by atoms with Crippen LogP contribution in [0.3, 0.4) is 0 Å². The van der Waals surface area contributed by atoms with Gasteiger partial charge in [0, 0.05) is 10.9 Å². The molecule has 1 amide bonds. The number of ether oxygens (including phenoxy) is 1. The molecule has 0 bridgehead atoms. The van der Waals surface area contributed by atoms with Crippen molar-refractivity contribution >= 4 is 33.5 Å². The lowest BCUT2D eigenvalue weighted by molar-refractivity contribution is -0.155. The molecule has 1 aromatic carbocycles. The van der Waals surface area contributed by atoms with E-state index >= 15 is 0 Å². The molecule has 0 aliphatic heterocycles. The van der Waals surface area contributed by atoms with Crippen molar-refractivity contribution in [2.24, 2.45) is 0 Å². The minimum atomic E-state index is -0.578. The van der Waals surface area contributed by atoms with Crippen molar-refractivity contribution in [2.45, 2.75) is 39.2 Å².